The summed E-state index contributed by atoms with van der Waals surface area (Å²) < 4.78 is 5.05. The lowest BCUT2D eigenvalue weighted by molar-refractivity contribution is -0.144. The fourth-order valence-corrected chi connectivity index (χ4v) is 2.15. The predicted octanol–water partition coefficient (Wildman–Crippen LogP) is 2.65. The Kier molecular flexibility index (Phi) is 5.91. The Morgan fingerprint density at radius 1 is 1.10 bits per heavy atom. The van der Waals surface area contributed by atoms with Gasteiger partial charge in [-0.05, 0) is 24.1 Å². The second-order valence-corrected chi connectivity index (χ2v) is 4.80. The number of pyridine rings is 1. The summed E-state index contributed by atoms with van der Waals surface area (Å²) in [5.41, 5.74) is 2.25. The van der Waals surface area contributed by atoms with Crippen LogP contribution in [0.1, 0.15) is 18.1 Å². The van der Waals surface area contributed by atoms with Gasteiger partial charge in [-0.25, -0.2) is 0 Å². The maximum atomic E-state index is 11.8. The molecule has 0 atom stereocenters. The van der Waals surface area contributed by atoms with Crippen LogP contribution in [0.4, 0.5) is 0 Å². The van der Waals surface area contributed by atoms with Gasteiger partial charge in [0.05, 0.1) is 13.2 Å². The first-order valence-electron chi connectivity index (χ1n) is 7.08. The second kappa shape index (κ2) is 8.17. The lowest BCUT2D eigenvalue weighted by atomic mass is 10.2. The number of hydrogen-bond donors (Lipinski definition) is 0. The first-order valence-corrected chi connectivity index (χ1v) is 7.08. The van der Waals surface area contributed by atoms with Crippen LogP contribution in [0.25, 0.3) is 0 Å². The van der Waals surface area contributed by atoms with E-state index >= 15 is 0 Å². The Bertz CT molecular complexity index is 502. The molecule has 1 aromatic heterocycles. The zero-order valence-electron chi connectivity index (χ0n) is 12.2. The van der Waals surface area contributed by atoms with Crippen LogP contribution in [0, 0.1) is 0 Å². The summed E-state index contributed by atoms with van der Waals surface area (Å²) in [5.74, 6) is -0.197. The lowest BCUT2D eigenvalue weighted by Crippen LogP contribution is -2.30. The zero-order chi connectivity index (χ0) is 14.9. The molecule has 0 unspecified atom stereocenters. The SMILES string of the molecule is CCOC(=O)CN(Cc1ccccc1)Cc1cccnc1. The van der Waals surface area contributed by atoms with Crippen molar-refractivity contribution in [2.24, 2.45) is 0 Å². The highest BCUT2D eigenvalue weighted by molar-refractivity contribution is 5.71. The van der Waals surface area contributed by atoms with E-state index in [1.165, 1.54) is 5.56 Å². The van der Waals surface area contributed by atoms with E-state index in [9.17, 15) is 4.79 Å². The zero-order valence-corrected chi connectivity index (χ0v) is 12.2. The third kappa shape index (κ3) is 5.36. The molecule has 1 aromatic carbocycles. The van der Waals surface area contributed by atoms with Crippen molar-refractivity contribution in [1.82, 2.24) is 9.88 Å². The van der Waals surface area contributed by atoms with Gasteiger partial charge >= 0.3 is 5.97 Å². The summed E-state index contributed by atoms with van der Waals surface area (Å²) in [4.78, 5) is 17.9. The summed E-state index contributed by atoms with van der Waals surface area (Å²) in [6.45, 7) is 3.87. The summed E-state index contributed by atoms with van der Waals surface area (Å²) >= 11 is 0. The largest absolute Gasteiger partial charge is 0.465 e. The van der Waals surface area contributed by atoms with Crippen LogP contribution in [-0.2, 0) is 22.6 Å². The summed E-state index contributed by atoms with van der Waals surface area (Å²) in [6.07, 6.45) is 3.57. The molecule has 21 heavy (non-hydrogen) atoms. The van der Waals surface area contributed by atoms with Gasteiger partial charge in [0.2, 0.25) is 0 Å². The number of rotatable bonds is 7. The van der Waals surface area contributed by atoms with Crippen molar-refractivity contribution < 1.29 is 9.53 Å². The van der Waals surface area contributed by atoms with Gasteiger partial charge in [-0.2, -0.15) is 0 Å². The molecule has 0 saturated carbocycles. The topological polar surface area (TPSA) is 42.4 Å². The Morgan fingerprint density at radius 3 is 2.48 bits per heavy atom. The highest BCUT2D eigenvalue weighted by Crippen LogP contribution is 2.09. The van der Waals surface area contributed by atoms with E-state index < -0.39 is 0 Å². The van der Waals surface area contributed by atoms with Gasteiger partial charge in [-0.1, -0.05) is 36.4 Å². The van der Waals surface area contributed by atoms with E-state index in [1.54, 1.807) is 6.20 Å². The molecule has 1 heterocycles. The van der Waals surface area contributed by atoms with Gasteiger partial charge in [-0.15, -0.1) is 0 Å². The summed E-state index contributed by atoms with van der Waals surface area (Å²) in [6, 6.07) is 14.0. The van der Waals surface area contributed by atoms with Crippen LogP contribution in [0.3, 0.4) is 0 Å². The minimum Gasteiger partial charge on any atom is -0.465 e. The minimum absolute atomic E-state index is 0.197. The molecule has 0 bridgehead atoms. The van der Waals surface area contributed by atoms with Crippen molar-refractivity contribution in [1.29, 1.82) is 0 Å². The average molecular weight is 284 g/mol. The molecular weight excluding hydrogens is 264 g/mol. The molecule has 2 aromatic rings. The second-order valence-electron chi connectivity index (χ2n) is 4.80. The van der Waals surface area contributed by atoms with Crippen molar-refractivity contribution >= 4 is 5.97 Å². The normalized spacial score (nSPS) is 10.6. The highest BCUT2D eigenvalue weighted by atomic mass is 16.5. The lowest BCUT2D eigenvalue weighted by Gasteiger charge is -2.21. The molecule has 0 N–H and O–H groups in total. The fourth-order valence-electron chi connectivity index (χ4n) is 2.15. The number of ether oxygens (including phenoxy) is 1. The molecule has 0 aliphatic heterocycles. The highest BCUT2D eigenvalue weighted by Gasteiger charge is 2.12. The molecule has 4 nitrogen and oxygen atoms in total. The van der Waals surface area contributed by atoms with Gasteiger partial charge in [-0.3, -0.25) is 14.7 Å². The number of esters is 1. The third-order valence-electron chi connectivity index (χ3n) is 3.04. The van der Waals surface area contributed by atoms with Crippen molar-refractivity contribution in [3.63, 3.8) is 0 Å². The Hall–Kier alpha value is -2.20. The molecule has 0 fully saturated rings. The maximum absolute atomic E-state index is 11.8. The van der Waals surface area contributed by atoms with Gasteiger partial charge in [0.25, 0.3) is 0 Å². The van der Waals surface area contributed by atoms with Crippen LogP contribution in [0.15, 0.2) is 54.9 Å². The molecule has 4 heteroatoms. The minimum atomic E-state index is -0.197. The van der Waals surface area contributed by atoms with E-state index in [0.717, 1.165) is 5.56 Å². The monoisotopic (exact) mass is 284 g/mol. The predicted molar refractivity (Wildman–Crippen MR) is 81.4 cm³/mol. The molecule has 0 radical (unpaired) electrons. The molecule has 0 aliphatic rings. The van der Waals surface area contributed by atoms with Gasteiger partial charge in [0, 0.05) is 25.5 Å². The van der Waals surface area contributed by atoms with Crippen molar-refractivity contribution in [2.45, 2.75) is 20.0 Å². The molecule has 0 amide bonds. The van der Waals surface area contributed by atoms with Crippen molar-refractivity contribution in [3.8, 4) is 0 Å². The standard InChI is InChI=1S/C17H20N2O2/c1-2-21-17(20)14-19(12-15-7-4-3-5-8-15)13-16-9-6-10-18-11-16/h3-11H,2,12-14H2,1H3. The molecule has 110 valence electrons. The van der Waals surface area contributed by atoms with E-state index in [0.29, 0.717) is 19.7 Å². The molecule has 0 saturated heterocycles. The van der Waals surface area contributed by atoms with E-state index in [1.807, 2.05) is 43.5 Å². The quantitative estimate of drug-likeness (QED) is 0.733. The third-order valence-corrected chi connectivity index (χ3v) is 3.04. The van der Waals surface area contributed by atoms with Crippen LogP contribution >= 0.6 is 0 Å². The number of benzene rings is 1. The van der Waals surface area contributed by atoms with E-state index in [4.69, 9.17) is 4.74 Å². The van der Waals surface area contributed by atoms with Crippen LogP contribution in [0.5, 0.6) is 0 Å². The molecular formula is C17H20N2O2. The maximum Gasteiger partial charge on any atom is 0.320 e. The Labute approximate surface area is 125 Å². The van der Waals surface area contributed by atoms with Gasteiger partial charge in [0.15, 0.2) is 0 Å². The number of nitrogens with zero attached hydrogens (tertiary/aromatic N) is 2. The Balaban J connectivity index is 2.04. The van der Waals surface area contributed by atoms with Crippen LogP contribution in [0.2, 0.25) is 0 Å². The number of hydrogen-bond acceptors (Lipinski definition) is 4. The molecule has 0 spiro atoms. The van der Waals surface area contributed by atoms with E-state index in [2.05, 4.69) is 22.0 Å². The van der Waals surface area contributed by atoms with Crippen LogP contribution < -0.4 is 0 Å². The number of carbonyl (C=O) groups excluding carboxylic acids is 1. The molecule has 2 rings (SSSR count). The van der Waals surface area contributed by atoms with Gasteiger partial charge < -0.3 is 4.74 Å². The molecule has 0 aliphatic carbocycles. The average Bonchev–Trinajstić information content (AvgIpc) is 2.49. The number of aromatic nitrogens is 1. The number of carbonyl (C=O) groups is 1. The summed E-state index contributed by atoms with van der Waals surface area (Å²) in [7, 11) is 0. The first kappa shape index (κ1) is 15.2. The van der Waals surface area contributed by atoms with Crippen molar-refractivity contribution in [3.05, 3.63) is 66.0 Å². The Morgan fingerprint density at radius 2 is 1.81 bits per heavy atom. The first-order chi connectivity index (χ1) is 10.3. The van der Waals surface area contributed by atoms with Gasteiger partial charge in [0.1, 0.15) is 0 Å². The van der Waals surface area contributed by atoms with E-state index in [-0.39, 0.29) is 12.5 Å². The summed E-state index contributed by atoms with van der Waals surface area (Å²) in [5, 5.41) is 0. The van der Waals surface area contributed by atoms with Crippen LogP contribution in [-0.4, -0.2) is 29.0 Å². The fraction of sp³-hybridized carbons (Fsp3) is 0.294. The van der Waals surface area contributed by atoms with Crippen molar-refractivity contribution in [2.75, 3.05) is 13.2 Å². The smallest absolute Gasteiger partial charge is 0.320 e.